The molecule has 2 N–H and O–H groups in total. The molecule has 0 spiro atoms. The summed E-state index contributed by atoms with van der Waals surface area (Å²) in [6, 6.07) is 8.27. The van der Waals surface area contributed by atoms with Gasteiger partial charge in [-0.3, -0.25) is 14.8 Å². The summed E-state index contributed by atoms with van der Waals surface area (Å²) in [5.74, 6) is 0.613. The first kappa shape index (κ1) is 23.8. The molecule has 2 aliphatic rings. The fraction of sp³-hybridized carbons (Fsp3) is 0.682. The molecule has 6 nitrogen and oxygen atoms in total. The Hall–Kier alpha value is -1.84. The molecule has 9 heteroatoms. The van der Waals surface area contributed by atoms with Crippen molar-refractivity contribution in [3.05, 3.63) is 35.4 Å². The third-order valence-corrected chi connectivity index (χ3v) is 5.69. The number of hydrogen-bond donors (Lipinski definition) is 2. The first-order valence-electron chi connectivity index (χ1n) is 10.9. The first-order chi connectivity index (χ1) is 14.7. The number of morpholine rings is 1. The van der Waals surface area contributed by atoms with E-state index in [1.54, 1.807) is 7.05 Å². The topological polar surface area (TPSA) is 52.1 Å². The van der Waals surface area contributed by atoms with Crippen LogP contribution in [0.2, 0.25) is 0 Å². The number of guanidine groups is 1. The van der Waals surface area contributed by atoms with Gasteiger partial charge >= 0.3 is 6.18 Å². The number of hydrogen-bond acceptors (Lipinski definition) is 4. The molecular formula is C22H34F3N5O. The fourth-order valence-corrected chi connectivity index (χ4v) is 4.45. The summed E-state index contributed by atoms with van der Waals surface area (Å²) in [6.07, 6.45) is -3.05. The van der Waals surface area contributed by atoms with E-state index < -0.39 is 12.7 Å². The van der Waals surface area contributed by atoms with Gasteiger partial charge in [-0.1, -0.05) is 24.3 Å². The van der Waals surface area contributed by atoms with Crippen molar-refractivity contribution in [3.8, 4) is 0 Å². The molecular weight excluding hydrogens is 407 g/mol. The van der Waals surface area contributed by atoms with Crippen LogP contribution in [0.3, 0.4) is 0 Å². The lowest BCUT2D eigenvalue weighted by molar-refractivity contribution is -0.143. The van der Waals surface area contributed by atoms with E-state index in [2.05, 4.69) is 46.5 Å². The summed E-state index contributed by atoms with van der Waals surface area (Å²) in [6.45, 7) is 7.42. The highest BCUT2D eigenvalue weighted by Gasteiger charge is 2.34. The van der Waals surface area contributed by atoms with Crippen molar-refractivity contribution in [2.75, 3.05) is 39.8 Å². The van der Waals surface area contributed by atoms with Gasteiger partial charge in [-0.2, -0.15) is 13.2 Å². The van der Waals surface area contributed by atoms with Crippen molar-refractivity contribution in [2.24, 2.45) is 4.99 Å². The van der Waals surface area contributed by atoms with Gasteiger partial charge in [0, 0.05) is 52.4 Å². The zero-order chi connectivity index (χ0) is 22.4. The SMILES string of the molecule is CN=C(NCc1ccccc1CN1CC(C)OC(C)C1)NC1CCN(CC(F)(F)F)C1. The van der Waals surface area contributed by atoms with Crippen molar-refractivity contribution < 1.29 is 17.9 Å². The van der Waals surface area contributed by atoms with Crippen molar-refractivity contribution >= 4 is 5.96 Å². The number of halogens is 3. The van der Waals surface area contributed by atoms with Gasteiger partial charge in [-0.05, 0) is 31.4 Å². The van der Waals surface area contributed by atoms with Gasteiger partial charge in [0.1, 0.15) is 0 Å². The summed E-state index contributed by atoms with van der Waals surface area (Å²) in [5.41, 5.74) is 2.44. The Morgan fingerprint density at radius 2 is 1.77 bits per heavy atom. The maximum Gasteiger partial charge on any atom is 0.401 e. The summed E-state index contributed by atoms with van der Waals surface area (Å²) < 4.78 is 43.7. The molecule has 0 bridgehead atoms. The predicted octanol–water partition coefficient (Wildman–Crippen LogP) is 2.60. The Labute approximate surface area is 182 Å². The van der Waals surface area contributed by atoms with Crippen molar-refractivity contribution in [1.29, 1.82) is 0 Å². The van der Waals surface area contributed by atoms with Gasteiger partial charge in [0.05, 0.1) is 18.8 Å². The molecule has 0 aromatic heterocycles. The van der Waals surface area contributed by atoms with Crippen LogP contribution in [0.4, 0.5) is 13.2 Å². The van der Waals surface area contributed by atoms with E-state index in [1.165, 1.54) is 16.0 Å². The molecule has 1 aromatic carbocycles. The third-order valence-electron chi connectivity index (χ3n) is 5.69. The highest BCUT2D eigenvalue weighted by atomic mass is 19.4. The molecule has 3 atom stereocenters. The van der Waals surface area contributed by atoms with Crippen molar-refractivity contribution in [2.45, 2.75) is 57.8 Å². The molecule has 2 heterocycles. The van der Waals surface area contributed by atoms with Gasteiger partial charge in [0.15, 0.2) is 5.96 Å². The minimum atomic E-state index is -4.16. The van der Waals surface area contributed by atoms with Crippen LogP contribution in [0.1, 0.15) is 31.4 Å². The lowest BCUT2D eigenvalue weighted by atomic mass is 10.1. The molecule has 3 rings (SSSR count). The summed E-state index contributed by atoms with van der Waals surface area (Å²) >= 11 is 0. The standard InChI is InChI=1S/C22H34F3N5O/c1-16-11-30(12-17(2)31-16)13-19-7-5-4-6-18(19)10-27-21(26-3)28-20-8-9-29(14-20)15-22(23,24)25/h4-7,16-17,20H,8-15H2,1-3H3,(H2,26,27,28). The molecule has 31 heavy (non-hydrogen) atoms. The molecule has 174 valence electrons. The van der Waals surface area contributed by atoms with E-state index in [0.717, 1.165) is 19.6 Å². The quantitative estimate of drug-likeness (QED) is 0.525. The average molecular weight is 442 g/mol. The lowest BCUT2D eigenvalue weighted by Crippen LogP contribution is -2.45. The van der Waals surface area contributed by atoms with Crippen LogP contribution in [-0.2, 0) is 17.8 Å². The van der Waals surface area contributed by atoms with Crippen molar-refractivity contribution in [3.63, 3.8) is 0 Å². The lowest BCUT2D eigenvalue weighted by Gasteiger charge is -2.35. The van der Waals surface area contributed by atoms with Crippen LogP contribution < -0.4 is 10.6 Å². The largest absolute Gasteiger partial charge is 0.401 e. The zero-order valence-electron chi connectivity index (χ0n) is 18.6. The second-order valence-electron chi connectivity index (χ2n) is 8.63. The smallest absolute Gasteiger partial charge is 0.373 e. The number of benzene rings is 1. The molecule has 2 aliphatic heterocycles. The number of aliphatic imine (C=N–C) groups is 1. The fourth-order valence-electron chi connectivity index (χ4n) is 4.45. The van der Waals surface area contributed by atoms with Crippen LogP contribution in [0.15, 0.2) is 29.3 Å². The highest BCUT2D eigenvalue weighted by Crippen LogP contribution is 2.20. The Balaban J connectivity index is 1.52. The van der Waals surface area contributed by atoms with Crippen LogP contribution in [0, 0.1) is 0 Å². The van der Waals surface area contributed by atoms with Gasteiger partial charge in [-0.25, -0.2) is 0 Å². The minimum Gasteiger partial charge on any atom is -0.373 e. The maximum atomic E-state index is 12.6. The number of ether oxygens (including phenoxy) is 1. The van der Waals surface area contributed by atoms with E-state index in [-0.39, 0.29) is 18.2 Å². The number of nitrogens with one attached hydrogen (secondary N) is 2. The third kappa shape index (κ3) is 7.66. The van der Waals surface area contributed by atoms with E-state index in [4.69, 9.17) is 4.74 Å². The number of rotatable bonds is 6. The van der Waals surface area contributed by atoms with Gasteiger partial charge in [0.2, 0.25) is 0 Å². The summed E-state index contributed by atoms with van der Waals surface area (Å²) in [5, 5.41) is 6.59. The van der Waals surface area contributed by atoms with Crippen LogP contribution in [-0.4, -0.2) is 80.0 Å². The van der Waals surface area contributed by atoms with Crippen molar-refractivity contribution in [1.82, 2.24) is 20.4 Å². The first-order valence-corrected chi connectivity index (χ1v) is 10.9. The maximum absolute atomic E-state index is 12.6. The molecule has 0 radical (unpaired) electrons. The Morgan fingerprint density at radius 3 is 2.42 bits per heavy atom. The van der Waals surface area contributed by atoms with Gasteiger partial charge in [0.25, 0.3) is 0 Å². The molecule has 2 saturated heterocycles. The van der Waals surface area contributed by atoms with E-state index >= 15 is 0 Å². The normalized spacial score (nSPS) is 26.3. The van der Waals surface area contributed by atoms with Crippen LogP contribution >= 0.6 is 0 Å². The highest BCUT2D eigenvalue weighted by molar-refractivity contribution is 5.80. The monoisotopic (exact) mass is 441 g/mol. The predicted molar refractivity (Wildman–Crippen MR) is 116 cm³/mol. The van der Waals surface area contributed by atoms with E-state index in [1.807, 2.05) is 12.1 Å². The second-order valence-corrected chi connectivity index (χ2v) is 8.63. The summed E-state index contributed by atoms with van der Waals surface area (Å²) in [4.78, 5) is 8.11. The van der Waals surface area contributed by atoms with Crippen LogP contribution in [0.25, 0.3) is 0 Å². The number of alkyl halides is 3. The molecule has 0 saturated carbocycles. The van der Waals surface area contributed by atoms with Gasteiger partial charge < -0.3 is 15.4 Å². The molecule has 1 aromatic rings. The summed E-state index contributed by atoms with van der Waals surface area (Å²) in [7, 11) is 1.68. The molecule has 3 unspecified atom stereocenters. The van der Waals surface area contributed by atoms with E-state index in [9.17, 15) is 13.2 Å². The average Bonchev–Trinajstić information content (AvgIpc) is 3.10. The van der Waals surface area contributed by atoms with Gasteiger partial charge in [-0.15, -0.1) is 0 Å². The van der Waals surface area contributed by atoms with E-state index in [0.29, 0.717) is 32.0 Å². The zero-order valence-corrected chi connectivity index (χ0v) is 18.6. The number of nitrogens with zero attached hydrogens (tertiary/aromatic N) is 3. The number of likely N-dealkylation sites (tertiary alicyclic amines) is 1. The minimum absolute atomic E-state index is 0.0416. The Kier molecular flexibility index (Phi) is 8.18. The van der Waals surface area contributed by atoms with Crippen LogP contribution in [0.5, 0.6) is 0 Å². The Bertz CT molecular complexity index is 732. The molecule has 2 fully saturated rings. The second kappa shape index (κ2) is 10.7. The molecule has 0 aliphatic carbocycles. The Morgan fingerprint density at radius 1 is 1.10 bits per heavy atom. The molecule has 0 amide bonds.